The second-order valence-corrected chi connectivity index (χ2v) is 14.2. The van der Waals surface area contributed by atoms with Crippen LogP contribution in [-0.2, 0) is 28.6 Å². The first-order chi connectivity index (χ1) is 24.0. The van der Waals surface area contributed by atoms with Gasteiger partial charge in [-0.15, -0.1) is 0 Å². The molecule has 51 heavy (non-hydrogen) atoms. The molecular weight excluding hydrogens is 686 g/mol. The summed E-state index contributed by atoms with van der Waals surface area (Å²) in [4.78, 5) is 61.7. The molecule has 1 aliphatic heterocycles. The number of aliphatic hydroxyl groups excluding tert-OH is 2. The van der Waals surface area contributed by atoms with Gasteiger partial charge in [0.05, 0.1) is 31.2 Å². The molecule has 0 spiro atoms. The van der Waals surface area contributed by atoms with Crippen LogP contribution in [0.15, 0.2) is 54.6 Å². The van der Waals surface area contributed by atoms with Gasteiger partial charge in [0.2, 0.25) is 5.91 Å². The first kappa shape index (κ1) is 41.2. The fourth-order valence-electron chi connectivity index (χ4n) is 5.32. The Labute approximate surface area is 300 Å². The molecule has 0 unspecified atom stereocenters. The number of carbonyl (C=O) groups is 5. The van der Waals surface area contributed by atoms with E-state index < -0.39 is 84.6 Å². The molecule has 1 saturated heterocycles. The second-order valence-electron chi connectivity index (χ2n) is 13.0. The first-order valence-corrected chi connectivity index (χ1v) is 17.6. The molecule has 1 aliphatic rings. The van der Waals surface area contributed by atoms with Crippen LogP contribution in [0.5, 0.6) is 0 Å². The number of carboxylic acids is 2. The molecule has 2 aromatic carbocycles. The van der Waals surface area contributed by atoms with E-state index in [9.17, 15) is 39.3 Å². The van der Waals surface area contributed by atoms with Crippen LogP contribution in [0.1, 0.15) is 57.3 Å². The largest absolute Gasteiger partial charge is 0.481 e. The van der Waals surface area contributed by atoms with Crippen molar-refractivity contribution in [3.8, 4) is 11.1 Å². The minimum absolute atomic E-state index is 0.0425. The Morgan fingerprint density at radius 3 is 2.20 bits per heavy atom. The summed E-state index contributed by atoms with van der Waals surface area (Å²) in [6.07, 6.45) is -6.56. The van der Waals surface area contributed by atoms with Crippen molar-refractivity contribution in [1.82, 2.24) is 16.0 Å². The minimum Gasteiger partial charge on any atom is -0.481 e. The zero-order valence-corrected chi connectivity index (χ0v) is 29.8. The highest BCUT2D eigenvalue weighted by atomic mass is 32.2. The van der Waals surface area contributed by atoms with Crippen LogP contribution in [-0.4, -0.2) is 117 Å². The number of carbonyl (C=O) groups excluding carboxylic acids is 3. The SMILES string of the molecule is CC(=O)N[C@H]1[C@H]([C@H](O)[C@H](O)CNC(=O)c2ccc(-c3ccccc3)cc2)O[C@@](OCCCSCCC(=O)O)(C(=O)O)C[C@@H]1NC(=O)OC(C)(C)C. The maximum Gasteiger partial charge on any atom is 0.407 e. The average Bonchev–Trinajstić information content (AvgIpc) is 3.06. The molecule has 3 amide bonds. The Balaban J connectivity index is 1.81. The molecule has 7 N–H and O–H groups in total. The van der Waals surface area contributed by atoms with Crippen LogP contribution in [0, 0.1) is 0 Å². The average molecular weight is 734 g/mol. The van der Waals surface area contributed by atoms with E-state index >= 15 is 0 Å². The van der Waals surface area contributed by atoms with Crippen molar-refractivity contribution in [1.29, 1.82) is 0 Å². The molecular formula is C35H47N3O12S. The summed E-state index contributed by atoms with van der Waals surface area (Å²) in [6, 6.07) is 13.7. The van der Waals surface area contributed by atoms with Gasteiger partial charge in [0, 0.05) is 31.2 Å². The predicted molar refractivity (Wildman–Crippen MR) is 187 cm³/mol. The van der Waals surface area contributed by atoms with E-state index in [1.807, 2.05) is 30.3 Å². The van der Waals surface area contributed by atoms with Crippen molar-refractivity contribution < 1.29 is 58.6 Å². The topological polar surface area (TPSA) is 230 Å². The Kier molecular flexibility index (Phi) is 15.2. The molecule has 0 aromatic heterocycles. The van der Waals surface area contributed by atoms with Gasteiger partial charge < -0.3 is 50.6 Å². The zero-order chi connectivity index (χ0) is 37.8. The van der Waals surface area contributed by atoms with Gasteiger partial charge in [0.1, 0.15) is 17.8 Å². The smallest absolute Gasteiger partial charge is 0.407 e. The number of hydrogen-bond donors (Lipinski definition) is 7. The monoisotopic (exact) mass is 733 g/mol. The standard InChI is InChI=1S/C35H47N3O12S/c1-21(39)37-28-25(38-33(47)50-34(2,3)4)19-35(32(45)46,48-16-8-17-51-18-15-27(41)42)49-30(28)29(43)26(40)20-36-31(44)24-13-11-23(12-14-24)22-9-6-5-7-10-22/h5-7,9-14,25-26,28-30,40,43H,8,15-20H2,1-4H3,(H,36,44)(H,37,39)(H,38,47)(H,41,42)(H,45,46)/t25-,26+,28+,29+,30+,35+/m0/s1. The van der Waals surface area contributed by atoms with Crippen molar-refractivity contribution >= 4 is 41.6 Å². The molecule has 6 atom stereocenters. The molecule has 0 aliphatic carbocycles. The number of ether oxygens (including phenoxy) is 3. The minimum atomic E-state index is -2.46. The maximum absolute atomic E-state index is 12.9. The van der Waals surface area contributed by atoms with Gasteiger partial charge in [-0.3, -0.25) is 14.4 Å². The summed E-state index contributed by atoms with van der Waals surface area (Å²) in [7, 11) is 0. The highest BCUT2D eigenvalue weighted by Gasteiger charge is 2.56. The van der Waals surface area contributed by atoms with Crippen LogP contribution in [0.2, 0.25) is 0 Å². The predicted octanol–water partition coefficient (Wildman–Crippen LogP) is 2.39. The fourth-order valence-corrected chi connectivity index (χ4v) is 6.17. The third-order valence-corrected chi connectivity index (χ3v) is 8.76. The summed E-state index contributed by atoms with van der Waals surface area (Å²) in [6.45, 7) is 5.37. The number of rotatable bonds is 17. The summed E-state index contributed by atoms with van der Waals surface area (Å²) in [5, 5.41) is 49.4. The Morgan fingerprint density at radius 1 is 0.961 bits per heavy atom. The third-order valence-electron chi connectivity index (χ3n) is 7.69. The molecule has 0 bridgehead atoms. The third kappa shape index (κ3) is 12.8. The van der Waals surface area contributed by atoms with Gasteiger partial charge >= 0.3 is 18.0 Å². The van der Waals surface area contributed by atoms with Crippen LogP contribution >= 0.6 is 11.8 Å². The normalized spacial score (nSPS) is 21.5. The number of thioether (sulfide) groups is 1. The van der Waals surface area contributed by atoms with E-state index in [1.165, 1.54) is 18.7 Å². The lowest BCUT2D eigenvalue weighted by atomic mass is 9.86. The number of alkyl carbamates (subject to hydrolysis) is 1. The highest BCUT2D eigenvalue weighted by molar-refractivity contribution is 7.99. The first-order valence-electron chi connectivity index (χ1n) is 16.4. The highest BCUT2D eigenvalue weighted by Crippen LogP contribution is 2.34. The maximum atomic E-state index is 12.9. The van der Waals surface area contributed by atoms with Gasteiger partial charge in [-0.25, -0.2) is 9.59 Å². The molecule has 2 aromatic rings. The number of benzene rings is 2. The van der Waals surface area contributed by atoms with Gasteiger partial charge in [0.15, 0.2) is 0 Å². The van der Waals surface area contributed by atoms with E-state index in [4.69, 9.17) is 19.3 Å². The molecule has 280 valence electrons. The summed E-state index contributed by atoms with van der Waals surface area (Å²) in [5.74, 6) is -5.39. The van der Waals surface area contributed by atoms with E-state index in [0.717, 1.165) is 11.1 Å². The van der Waals surface area contributed by atoms with Crippen molar-refractivity contribution in [2.75, 3.05) is 24.7 Å². The van der Waals surface area contributed by atoms with E-state index in [-0.39, 0.29) is 18.6 Å². The lowest BCUT2D eigenvalue weighted by Crippen LogP contribution is -2.71. The fraction of sp³-hybridized carbons (Fsp3) is 0.514. The van der Waals surface area contributed by atoms with Crippen LogP contribution in [0.3, 0.4) is 0 Å². The van der Waals surface area contributed by atoms with Crippen LogP contribution in [0.25, 0.3) is 11.1 Å². The molecule has 1 heterocycles. The van der Waals surface area contributed by atoms with Gasteiger partial charge in [0.25, 0.3) is 11.7 Å². The van der Waals surface area contributed by atoms with Crippen molar-refractivity contribution in [2.45, 2.75) is 88.7 Å². The van der Waals surface area contributed by atoms with E-state index in [2.05, 4.69) is 16.0 Å². The summed E-state index contributed by atoms with van der Waals surface area (Å²) >= 11 is 1.33. The second kappa shape index (κ2) is 18.9. The van der Waals surface area contributed by atoms with Crippen LogP contribution in [0.4, 0.5) is 4.79 Å². The zero-order valence-electron chi connectivity index (χ0n) is 29.0. The molecule has 1 fully saturated rings. The Bertz CT molecular complexity index is 1490. The van der Waals surface area contributed by atoms with Gasteiger partial charge in [-0.1, -0.05) is 42.5 Å². The van der Waals surface area contributed by atoms with E-state index in [0.29, 0.717) is 17.9 Å². The van der Waals surface area contributed by atoms with Gasteiger partial charge in [-0.2, -0.15) is 11.8 Å². The molecule has 16 heteroatoms. The molecule has 0 saturated carbocycles. The number of aliphatic hydroxyl groups is 2. The van der Waals surface area contributed by atoms with Crippen molar-refractivity contribution in [3.63, 3.8) is 0 Å². The van der Waals surface area contributed by atoms with Gasteiger partial charge in [-0.05, 0) is 56.2 Å². The number of amides is 3. The number of nitrogens with one attached hydrogen (secondary N) is 3. The quantitative estimate of drug-likeness (QED) is 0.116. The Morgan fingerprint density at radius 2 is 1.61 bits per heavy atom. The molecule has 15 nitrogen and oxygen atoms in total. The van der Waals surface area contributed by atoms with Crippen molar-refractivity contribution in [3.05, 3.63) is 60.2 Å². The summed E-state index contributed by atoms with van der Waals surface area (Å²) in [5.41, 5.74) is 1.19. The number of hydrogen-bond acceptors (Lipinski definition) is 11. The number of carboxylic acid groups (broad SMARTS) is 2. The number of aliphatic carboxylic acids is 2. The molecule has 0 radical (unpaired) electrons. The van der Waals surface area contributed by atoms with Crippen molar-refractivity contribution in [2.24, 2.45) is 0 Å². The van der Waals surface area contributed by atoms with E-state index in [1.54, 1.807) is 45.0 Å². The summed E-state index contributed by atoms with van der Waals surface area (Å²) < 4.78 is 17.0. The lowest BCUT2D eigenvalue weighted by Gasteiger charge is -2.48. The molecule has 3 rings (SSSR count). The lowest BCUT2D eigenvalue weighted by molar-refractivity contribution is -0.300. The Hall–Kier alpha value is -4.22. The van der Waals surface area contributed by atoms with Crippen LogP contribution < -0.4 is 16.0 Å².